The molecule has 4 rings (SSSR count). The fourth-order valence-corrected chi connectivity index (χ4v) is 4.56. The molecule has 158 valence electrons. The minimum Gasteiger partial charge on any atom is -0.336 e. The average molecular weight is 432 g/mol. The van der Waals surface area contributed by atoms with Crippen LogP contribution in [0.15, 0.2) is 76.7 Å². The van der Waals surface area contributed by atoms with Crippen LogP contribution >= 0.6 is 11.8 Å². The first-order valence-electron chi connectivity index (χ1n) is 10.3. The molecule has 0 aliphatic carbocycles. The van der Waals surface area contributed by atoms with Crippen LogP contribution in [0.5, 0.6) is 0 Å². The molecule has 5 nitrogen and oxygen atoms in total. The van der Waals surface area contributed by atoms with E-state index >= 15 is 0 Å². The Morgan fingerprint density at radius 3 is 2.65 bits per heavy atom. The number of nitrogens with one attached hydrogen (secondary N) is 1. The van der Waals surface area contributed by atoms with E-state index in [1.165, 1.54) is 16.0 Å². The second-order valence-electron chi connectivity index (χ2n) is 7.88. The summed E-state index contributed by atoms with van der Waals surface area (Å²) in [6, 6.07) is 19.9. The zero-order valence-electron chi connectivity index (χ0n) is 17.7. The lowest BCUT2D eigenvalue weighted by atomic mass is 10.1. The molecule has 2 aromatic carbocycles. The SMILES string of the molecule is Cc1ccc(Sc2ccc(NC(=O)C3CC(=O)N(Cc4ccccn4)C3)cc2)c(C)c1. The van der Waals surface area contributed by atoms with Gasteiger partial charge in [-0.15, -0.1) is 0 Å². The third-order valence-electron chi connectivity index (χ3n) is 5.34. The number of carbonyl (C=O) groups excluding carboxylic acids is 2. The number of benzene rings is 2. The van der Waals surface area contributed by atoms with Crippen molar-refractivity contribution in [3.05, 3.63) is 83.7 Å². The van der Waals surface area contributed by atoms with E-state index in [2.05, 4.69) is 42.3 Å². The maximum atomic E-state index is 12.7. The zero-order valence-corrected chi connectivity index (χ0v) is 18.5. The fourth-order valence-electron chi connectivity index (χ4n) is 3.68. The second kappa shape index (κ2) is 9.35. The van der Waals surface area contributed by atoms with Gasteiger partial charge in [-0.25, -0.2) is 0 Å². The van der Waals surface area contributed by atoms with Crippen molar-refractivity contribution in [3.63, 3.8) is 0 Å². The molecule has 31 heavy (non-hydrogen) atoms. The monoisotopic (exact) mass is 431 g/mol. The van der Waals surface area contributed by atoms with Crippen LogP contribution in [0, 0.1) is 19.8 Å². The van der Waals surface area contributed by atoms with E-state index in [9.17, 15) is 9.59 Å². The van der Waals surface area contributed by atoms with E-state index in [0.717, 1.165) is 16.3 Å². The van der Waals surface area contributed by atoms with Gasteiger partial charge >= 0.3 is 0 Å². The number of nitrogens with zero attached hydrogens (tertiary/aromatic N) is 2. The molecule has 1 aliphatic heterocycles. The van der Waals surface area contributed by atoms with Gasteiger partial charge in [-0.05, 0) is 61.9 Å². The van der Waals surface area contributed by atoms with Crippen molar-refractivity contribution in [3.8, 4) is 0 Å². The lowest BCUT2D eigenvalue weighted by molar-refractivity contribution is -0.128. The summed E-state index contributed by atoms with van der Waals surface area (Å²) < 4.78 is 0. The van der Waals surface area contributed by atoms with Gasteiger partial charge < -0.3 is 10.2 Å². The van der Waals surface area contributed by atoms with Crippen LogP contribution in [0.2, 0.25) is 0 Å². The molecule has 0 radical (unpaired) electrons. The summed E-state index contributed by atoms with van der Waals surface area (Å²) in [7, 11) is 0. The van der Waals surface area contributed by atoms with Crippen molar-refractivity contribution < 1.29 is 9.59 Å². The summed E-state index contributed by atoms with van der Waals surface area (Å²) in [6.07, 6.45) is 1.95. The summed E-state index contributed by atoms with van der Waals surface area (Å²) in [4.78, 5) is 33.3. The summed E-state index contributed by atoms with van der Waals surface area (Å²) in [5.41, 5.74) is 4.08. The molecule has 1 unspecified atom stereocenters. The number of aryl methyl sites for hydroxylation is 2. The number of rotatable bonds is 6. The molecule has 1 atom stereocenters. The molecule has 3 aromatic rings. The Morgan fingerprint density at radius 1 is 1.13 bits per heavy atom. The van der Waals surface area contributed by atoms with E-state index in [0.29, 0.717) is 13.1 Å². The first-order chi connectivity index (χ1) is 15.0. The van der Waals surface area contributed by atoms with Gasteiger partial charge in [0.1, 0.15) is 0 Å². The number of amides is 2. The largest absolute Gasteiger partial charge is 0.336 e. The molecular weight excluding hydrogens is 406 g/mol. The maximum Gasteiger partial charge on any atom is 0.229 e. The Kier molecular flexibility index (Phi) is 6.37. The predicted molar refractivity (Wildman–Crippen MR) is 123 cm³/mol. The smallest absolute Gasteiger partial charge is 0.229 e. The van der Waals surface area contributed by atoms with Gasteiger partial charge in [0.15, 0.2) is 0 Å². The zero-order chi connectivity index (χ0) is 21.8. The fraction of sp³-hybridized carbons (Fsp3) is 0.240. The quantitative estimate of drug-likeness (QED) is 0.607. The van der Waals surface area contributed by atoms with Crippen LogP contribution in [0.3, 0.4) is 0 Å². The molecule has 1 aromatic heterocycles. The molecule has 1 fully saturated rings. The van der Waals surface area contributed by atoms with Gasteiger partial charge in [0, 0.05) is 34.6 Å². The van der Waals surface area contributed by atoms with Crippen LogP contribution in [-0.4, -0.2) is 28.2 Å². The lowest BCUT2D eigenvalue weighted by Crippen LogP contribution is -2.28. The third-order valence-corrected chi connectivity index (χ3v) is 6.53. The van der Waals surface area contributed by atoms with E-state index in [1.54, 1.807) is 22.9 Å². The first-order valence-corrected chi connectivity index (χ1v) is 11.1. The van der Waals surface area contributed by atoms with Crippen LogP contribution in [0.25, 0.3) is 0 Å². The summed E-state index contributed by atoms with van der Waals surface area (Å²) in [5, 5.41) is 2.96. The minimum atomic E-state index is -0.347. The number of anilines is 1. The molecule has 6 heteroatoms. The topological polar surface area (TPSA) is 62.3 Å². The second-order valence-corrected chi connectivity index (χ2v) is 9.00. The Morgan fingerprint density at radius 2 is 1.94 bits per heavy atom. The lowest BCUT2D eigenvalue weighted by Gasteiger charge is -2.16. The van der Waals surface area contributed by atoms with Crippen molar-refractivity contribution in [1.29, 1.82) is 0 Å². The van der Waals surface area contributed by atoms with Crippen molar-refractivity contribution in [2.45, 2.75) is 36.6 Å². The average Bonchev–Trinajstić information content (AvgIpc) is 3.12. The van der Waals surface area contributed by atoms with Crippen molar-refractivity contribution in [2.75, 3.05) is 11.9 Å². The highest BCUT2D eigenvalue weighted by atomic mass is 32.2. The van der Waals surface area contributed by atoms with Gasteiger partial charge in [-0.1, -0.05) is 35.5 Å². The molecule has 2 amide bonds. The number of likely N-dealkylation sites (tertiary alicyclic amines) is 1. The van der Waals surface area contributed by atoms with E-state index in [1.807, 2.05) is 42.5 Å². The summed E-state index contributed by atoms with van der Waals surface area (Å²) in [5.74, 6) is -0.474. The van der Waals surface area contributed by atoms with Gasteiger partial charge in [-0.3, -0.25) is 14.6 Å². The predicted octanol–water partition coefficient (Wildman–Crippen LogP) is 4.84. The molecule has 1 saturated heterocycles. The molecular formula is C25H25N3O2S. The Balaban J connectivity index is 1.34. The number of aromatic nitrogens is 1. The number of hydrogen-bond donors (Lipinski definition) is 1. The molecule has 1 aliphatic rings. The van der Waals surface area contributed by atoms with E-state index in [-0.39, 0.29) is 24.2 Å². The molecule has 0 bridgehead atoms. The van der Waals surface area contributed by atoms with Gasteiger partial charge in [0.2, 0.25) is 11.8 Å². The maximum absolute atomic E-state index is 12.7. The van der Waals surface area contributed by atoms with Crippen LogP contribution in [0.4, 0.5) is 5.69 Å². The molecule has 2 heterocycles. The van der Waals surface area contributed by atoms with Crippen LogP contribution in [-0.2, 0) is 16.1 Å². The third kappa shape index (κ3) is 5.33. The Bertz CT molecular complexity index is 1080. The highest BCUT2D eigenvalue weighted by molar-refractivity contribution is 7.99. The van der Waals surface area contributed by atoms with Crippen molar-refractivity contribution in [2.24, 2.45) is 5.92 Å². The molecule has 0 spiro atoms. The van der Waals surface area contributed by atoms with E-state index < -0.39 is 0 Å². The first kappa shape index (κ1) is 21.1. The number of hydrogen-bond acceptors (Lipinski definition) is 4. The highest BCUT2D eigenvalue weighted by Gasteiger charge is 2.34. The van der Waals surface area contributed by atoms with Crippen LogP contribution < -0.4 is 5.32 Å². The summed E-state index contributed by atoms with van der Waals surface area (Å²) in [6.45, 7) is 5.06. The highest BCUT2D eigenvalue weighted by Crippen LogP contribution is 2.31. The van der Waals surface area contributed by atoms with Gasteiger partial charge in [0.25, 0.3) is 0 Å². The number of pyridine rings is 1. The van der Waals surface area contributed by atoms with Gasteiger partial charge in [0.05, 0.1) is 18.2 Å². The van der Waals surface area contributed by atoms with Gasteiger partial charge in [-0.2, -0.15) is 0 Å². The normalized spacial score (nSPS) is 15.9. The van der Waals surface area contributed by atoms with Crippen molar-refractivity contribution >= 4 is 29.3 Å². The standard InChI is InChI=1S/C25H25N3O2S/c1-17-6-11-23(18(2)13-17)31-22-9-7-20(8-10-22)27-25(30)19-14-24(29)28(15-19)16-21-5-3-4-12-26-21/h3-13,19H,14-16H2,1-2H3,(H,27,30). The van der Waals surface area contributed by atoms with Crippen LogP contribution in [0.1, 0.15) is 23.2 Å². The minimum absolute atomic E-state index is 0.00832. The summed E-state index contributed by atoms with van der Waals surface area (Å²) >= 11 is 1.71. The molecule has 1 N–H and O–H groups in total. The number of carbonyl (C=O) groups is 2. The van der Waals surface area contributed by atoms with Crippen molar-refractivity contribution in [1.82, 2.24) is 9.88 Å². The Hall–Kier alpha value is -3.12. The van der Waals surface area contributed by atoms with E-state index in [4.69, 9.17) is 0 Å². The molecule has 0 saturated carbocycles. The Labute approximate surface area is 186 Å².